The van der Waals surface area contributed by atoms with Crippen LogP contribution in [0, 0.1) is 5.92 Å². The van der Waals surface area contributed by atoms with Crippen molar-refractivity contribution < 1.29 is 187 Å². The van der Waals surface area contributed by atoms with Crippen molar-refractivity contribution >= 4 is 47.4 Å². The van der Waals surface area contributed by atoms with Gasteiger partial charge < -0.3 is 49.4 Å². The minimum absolute atomic E-state index is 0. The van der Waals surface area contributed by atoms with Crippen LogP contribution in [0.4, 0.5) is 0 Å². The molecule has 0 radical (unpaired) electrons. The Morgan fingerprint density at radius 3 is 1.41 bits per heavy atom. The summed E-state index contributed by atoms with van der Waals surface area (Å²) in [7, 11) is 0. The summed E-state index contributed by atoms with van der Waals surface area (Å²) >= 11 is 0. The monoisotopic (exact) mass is 660 g/mol. The van der Waals surface area contributed by atoms with E-state index in [1.165, 1.54) is 19.9 Å². The minimum atomic E-state index is -1.53. The summed E-state index contributed by atoms with van der Waals surface area (Å²) in [4.78, 5) is 86.0. The SMILES string of the molecule is CC(=O)C1C(=O)C=C(C)OC1=O.CC=CC=CC(=O)O.O=C([O-])CN(CCN(CC(=O)[O-])CC(=O)[O-])CC(=O)[O-].[Na+].[Na+].[Na+].[Na+]. The second-order valence-electron chi connectivity index (χ2n) is 7.75. The van der Waals surface area contributed by atoms with Gasteiger partial charge in [0.1, 0.15) is 5.76 Å². The van der Waals surface area contributed by atoms with Gasteiger partial charge in [-0.1, -0.05) is 18.2 Å². The van der Waals surface area contributed by atoms with Crippen LogP contribution in [0.1, 0.15) is 20.8 Å². The standard InChI is InChI=1S/C10H16N2O8.C8H8O4.C6H8O2.4Na/c13-7(14)3-11(4-8(15)16)1-2-12(5-9(17)18)6-10(19)20;1-4-3-6(10)7(5(2)9)8(11)12-4;1-2-3-4-5-6(7)8;;;;/h1-6H2,(H,13,14)(H,15,16)(H,17,18)(H,19,20);3,7H,1-2H3;2-5H,1H3,(H,7,8);;;;/q;;;4*+1/p-4. The summed E-state index contributed by atoms with van der Waals surface area (Å²) in [5.74, 6) is -9.78. The van der Waals surface area contributed by atoms with E-state index in [2.05, 4.69) is 4.74 Å². The molecule has 0 spiro atoms. The van der Waals surface area contributed by atoms with Crippen LogP contribution in [0.25, 0.3) is 0 Å². The summed E-state index contributed by atoms with van der Waals surface area (Å²) in [5.41, 5.74) is 0. The van der Waals surface area contributed by atoms with Crippen LogP contribution in [-0.4, -0.2) is 102 Å². The fraction of sp³-hybridized carbons (Fsp3) is 0.417. The Morgan fingerprint density at radius 1 is 0.795 bits per heavy atom. The van der Waals surface area contributed by atoms with Gasteiger partial charge in [0.25, 0.3) is 0 Å². The Hall–Kier alpha value is -0.700. The summed E-state index contributed by atoms with van der Waals surface area (Å²) in [5, 5.41) is 49.6. The van der Waals surface area contributed by atoms with Crippen LogP contribution in [0.15, 0.2) is 36.1 Å². The molecule has 0 saturated carbocycles. The first-order valence-electron chi connectivity index (χ1n) is 11.2. The average Bonchev–Trinajstić information content (AvgIpc) is 2.75. The van der Waals surface area contributed by atoms with Crippen molar-refractivity contribution in [3.05, 3.63) is 36.1 Å². The molecule has 0 aromatic carbocycles. The fourth-order valence-electron chi connectivity index (χ4n) is 2.70. The number of carboxylic acids is 5. The number of allylic oxidation sites excluding steroid dienone is 5. The molecule has 0 aromatic heterocycles. The molecule has 222 valence electrons. The van der Waals surface area contributed by atoms with Gasteiger partial charge in [-0.15, -0.1) is 0 Å². The van der Waals surface area contributed by atoms with E-state index in [0.717, 1.165) is 22.0 Å². The molecule has 1 aliphatic rings. The van der Waals surface area contributed by atoms with Gasteiger partial charge >= 0.3 is 130 Å². The van der Waals surface area contributed by atoms with E-state index in [1.54, 1.807) is 12.2 Å². The smallest absolute Gasteiger partial charge is 0.549 e. The van der Waals surface area contributed by atoms with Crippen molar-refractivity contribution in [3.8, 4) is 0 Å². The number of carbonyl (C=O) groups excluding carboxylic acids is 7. The molecule has 44 heavy (non-hydrogen) atoms. The number of carbonyl (C=O) groups is 8. The summed E-state index contributed by atoms with van der Waals surface area (Å²) < 4.78 is 4.61. The molecule has 1 rings (SSSR count). The third-order valence-corrected chi connectivity index (χ3v) is 4.22. The maximum atomic E-state index is 11.1. The molecule has 1 unspecified atom stereocenters. The van der Waals surface area contributed by atoms with Crippen LogP contribution in [0.5, 0.6) is 0 Å². The summed E-state index contributed by atoms with van der Waals surface area (Å²) in [6.45, 7) is 1.26. The predicted octanol–water partition coefficient (Wildman–Crippen LogP) is -18.0. The first kappa shape index (κ1) is 55.7. The Balaban J connectivity index is -0.000000129. The largest absolute Gasteiger partial charge is 1.00 e. The van der Waals surface area contributed by atoms with Crippen molar-refractivity contribution in [2.75, 3.05) is 39.3 Å². The van der Waals surface area contributed by atoms with Gasteiger partial charge in [-0.25, -0.2) is 4.79 Å². The van der Waals surface area contributed by atoms with Crippen LogP contribution in [0.2, 0.25) is 0 Å². The molecular weight excluding hydrogens is 632 g/mol. The van der Waals surface area contributed by atoms with E-state index in [4.69, 9.17) is 5.11 Å². The maximum Gasteiger partial charge on any atom is 1.00 e. The molecule has 0 bridgehead atoms. The fourth-order valence-corrected chi connectivity index (χ4v) is 2.70. The average molecular weight is 660 g/mol. The Kier molecular flexibility index (Phi) is 40.8. The molecule has 1 heterocycles. The third-order valence-electron chi connectivity index (χ3n) is 4.22. The second kappa shape index (κ2) is 32.2. The van der Waals surface area contributed by atoms with Crippen LogP contribution < -0.4 is 139 Å². The number of hydrogen-bond donors (Lipinski definition) is 1. The van der Waals surface area contributed by atoms with E-state index in [1.807, 2.05) is 6.92 Å². The topological polar surface area (TPSA) is 265 Å². The number of hydrogen-bond acceptors (Lipinski definition) is 15. The number of aliphatic carboxylic acids is 5. The van der Waals surface area contributed by atoms with Crippen molar-refractivity contribution in [2.45, 2.75) is 20.8 Å². The van der Waals surface area contributed by atoms with Gasteiger partial charge in [0.05, 0.1) is 23.9 Å². The molecule has 0 aromatic rings. The zero-order valence-corrected chi connectivity index (χ0v) is 33.9. The number of ether oxygens (including phenoxy) is 1. The van der Waals surface area contributed by atoms with Crippen LogP contribution in [0.3, 0.4) is 0 Å². The summed E-state index contributed by atoms with van der Waals surface area (Å²) in [6, 6.07) is 0. The van der Waals surface area contributed by atoms with Crippen LogP contribution >= 0.6 is 0 Å². The Morgan fingerprint density at radius 2 is 1.16 bits per heavy atom. The Labute approximate surface area is 342 Å². The molecule has 0 saturated heterocycles. The number of carboxylic acid groups (broad SMARTS) is 5. The molecule has 20 heteroatoms. The van der Waals surface area contributed by atoms with Crippen molar-refractivity contribution in [3.63, 3.8) is 0 Å². The molecule has 0 aliphatic carbocycles. The van der Waals surface area contributed by atoms with E-state index >= 15 is 0 Å². The van der Waals surface area contributed by atoms with E-state index in [0.29, 0.717) is 0 Å². The van der Waals surface area contributed by atoms with E-state index in [-0.39, 0.29) is 137 Å². The minimum Gasteiger partial charge on any atom is -0.549 e. The van der Waals surface area contributed by atoms with Gasteiger partial charge in [0, 0.05) is 51.4 Å². The maximum absolute atomic E-state index is 11.1. The van der Waals surface area contributed by atoms with Gasteiger partial charge in [-0.05, 0) is 20.8 Å². The number of esters is 1. The van der Waals surface area contributed by atoms with Crippen LogP contribution in [-0.2, 0) is 43.1 Å². The van der Waals surface area contributed by atoms with Crippen molar-refractivity contribution in [1.29, 1.82) is 0 Å². The zero-order chi connectivity index (χ0) is 31.4. The molecule has 1 atom stereocenters. The first-order valence-corrected chi connectivity index (χ1v) is 11.2. The quantitative estimate of drug-likeness (QED) is 0.0596. The molecule has 1 N–H and O–H groups in total. The van der Waals surface area contributed by atoms with Gasteiger partial charge in [-0.2, -0.15) is 0 Å². The van der Waals surface area contributed by atoms with E-state index < -0.39 is 79.5 Å². The normalized spacial score (nSPS) is 13.2. The molecule has 1 aliphatic heterocycles. The summed E-state index contributed by atoms with van der Waals surface area (Å²) in [6.07, 6.45) is 7.14. The number of cyclic esters (lactones) is 1. The zero-order valence-electron chi connectivity index (χ0n) is 25.9. The molecule has 0 fully saturated rings. The van der Waals surface area contributed by atoms with Gasteiger partial charge in [0.2, 0.25) is 0 Å². The molecule has 0 amide bonds. The third kappa shape index (κ3) is 32.7. The molecule has 16 nitrogen and oxygen atoms in total. The Bertz CT molecular complexity index is 996. The van der Waals surface area contributed by atoms with Crippen molar-refractivity contribution in [1.82, 2.24) is 9.80 Å². The first-order chi connectivity index (χ1) is 18.5. The second-order valence-corrected chi connectivity index (χ2v) is 7.75. The van der Waals surface area contributed by atoms with Gasteiger partial charge in [0.15, 0.2) is 17.5 Å². The number of rotatable bonds is 14. The van der Waals surface area contributed by atoms with E-state index in [9.17, 15) is 58.8 Å². The van der Waals surface area contributed by atoms with Crippen molar-refractivity contribution in [2.24, 2.45) is 5.92 Å². The number of ketones is 2. The molecular formula is C24H28N2Na4O14. The predicted molar refractivity (Wildman–Crippen MR) is 124 cm³/mol. The number of nitrogens with zero attached hydrogens (tertiary/aromatic N) is 2. The number of Topliss-reactive ketones (excluding diaryl/α,β-unsaturated/α-hetero) is 1. The van der Waals surface area contributed by atoms with Gasteiger partial charge in [-0.3, -0.25) is 24.2 Å².